The molecule has 0 aliphatic carbocycles. The molecular formula is F7LiU-6. The van der Waals surface area contributed by atoms with Crippen molar-refractivity contribution in [3.8, 4) is 0 Å². The second kappa shape index (κ2) is 454. The maximum atomic E-state index is 0. The fraction of sp³-hybridized carbons (Fsp3) is 0. The fourth-order valence-electron chi connectivity index (χ4n) is 0. The largest absolute Gasteiger partial charge is 1.00 e. The van der Waals surface area contributed by atoms with Gasteiger partial charge in [0.05, 0.1) is 0 Å². The average molecular weight is 378 g/mol. The van der Waals surface area contributed by atoms with E-state index in [1.807, 2.05) is 0 Å². The van der Waals surface area contributed by atoms with Crippen molar-refractivity contribution in [1.82, 2.24) is 0 Å². The minimum atomic E-state index is 0. The van der Waals surface area contributed by atoms with Crippen LogP contribution in [0.25, 0.3) is 0 Å². The van der Waals surface area contributed by atoms with E-state index >= 15 is 0 Å². The Morgan fingerprint density at radius 3 is 0.333 bits per heavy atom. The number of halogens is 7. The van der Waals surface area contributed by atoms with Crippen LogP contribution in [0.4, 0.5) is 0 Å². The van der Waals surface area contributed by atoms with Gasteiger partial charge in [-0.3, -0.25) is 0 Å². The van der Waals surface area contributed by atoms with Crippen molar-refractivity contribution in [3.63, 3.8) is 0 Å². The summed E-state index contributed by atoms with van der Waals surface area (Å²) in [6, 6.07) is 0. The third kappa shape index (κ3) is 349. The Morgan fingerprint density at radius 2 is 0.333 bits per heavy atom. The maximum absolute atomic E-state index is 0. The van der Waals surface area contributed by atoms with Gasteiger partial charge >= 0.3 is 18.9 Å². The predicted molar refractivity (Wildman–Crippen MR) is 0 cm³/mol. The van der Waals surface area contributed by atoms with Gasteiger partial charge in [0.15, 0.2) is 0 Å². The molecule has 0 unspecified atom stereocenters. The van der Waals surface area contributed by atoms with Crippen LogP contribution in [-0.2, 0) is 0 Å². The van der Waals surface area contributed by atoms with Crippen molar-refractivity contribution >= 4 is 0 Å². The normalized spacial score (nSPS) is 0. The molecule has 0 radical (unpaired) electrons. The molecule has 9 heteroatoms. The van der Waals surface area contributed by atoms with Gasteiger partial charge in [-0.2, -0.15) is 0 Å². The molecule has 0 bridgehead atoms. The zero-order valence-electron chi connectivity index (χ0n) is 4.15. The summed E-state index contributed by atoms with van der Waals surface area (Å²) in [7, 11) is 0. The molecule has 0 aromatic carbocycles. The van der Waals surface area contributed by atoms with Gasteiger partial charge in [-0.05, 0) is 0 Å². The van der Waals surface area contributed by atoms with Crippen molar-refractivity contribution < 1.29 is 82.9 Å². The molecular weight excluding hydrogens is 378 g/mol. The van der Waals surface area contributed by atoms with E-state index in [2.05, 4.69) is 0 Å². The molecule has 0 aliphatic rings. The Balaban J connectivity index is 0. The Kier molecular flexibility index (Phi) is 32000. The molecule has 0 saturated heterocycles. The summed E-state index contributed by atoms with van der Waals surface area (Å²) in [5.41, 5.74) is 0. The van der Waals surface area contributed by atoms with Gasteiger partial charge in [0, 0.05) is 31.1 Å². The van der Waals surface area contributed by atoms with E-state index in [4.69, 9.17) is 0 Å². The Hall–Kier alpha value is 1.16. The molecule has 0 aromatic heterocycles. The van der Waals surface area contributed by atoms with Gasteiger partial charge in [0.2, 0.25) is 0 Å². The van der Waals surface area contributed by atoms with Gasteiger partial charge in [-0.15, -0.1) is 0 Å². The fourth-order valence-corrected chi connectivity index (χ4v) is 0. The van der Waals surface area contributed by atoms with Crippen LogP contribution in [0.15, 0.2) is 0 Å². The molecule has 0 aliphatic heterocycles. The zero-order valence-corrected chi connectivity index (χ0v) is 8.31. The topological polar surface area (TPSA) is 0 Å². The molecule has 9 heavy (non-hydrogen) atoms. The molecule has 0 nitrogen and oxygen atoms in total. The molecule has 0 amide bonds. The monoisotopic (exact) mass is 378 g/mol. The summed E-state index contributed by atoms with van der Waals surface area (Å²) in [4.78, 5) is 0. The smallest absolute Gasteiger partial charge is 1.00 e. The Bertz CT molecular complexity index is 8.88. The van der Waals surface area contributed by atoms with Crippen LogP contribution in [0.1, 0.15) is 0 Å². The van der Waals surface area contributed by atoms with E-state index in [0.29, 0.717) is 0 Å². The van der Waals surface area contributed by atoms with Gasteiger partial charge in [0.25, 0.3) is 0 Å². The first kappa shape index (κ1) is 634. The Labute approximate surface area is 82.6 Å². The van der Waals surface area contributed by atoms with E-state index in [9.17, 15) is 0 Å². The molecule has 0 N–H and O–H groups in total. The number of rotatable bonds is 0. The van der Waals surface area contributed by atoms with E-state index in [0.717, 1.165) is 0 Å². The minimum absolute atomic E-state index is 0. The summed E-state index contributed by atoms with van der Waals surface area (Å²) >= 11 is 0. The van der Waals surface area contributed by atoms with E-state index in [1.54, 1.807) is 0 Å². The first-order valence-corrected chi connectivity index (χ1v) is 0. The van der Waals surface area contributed by atoms with Crippen LogP contribution in [0.3, 0.4) is 0 Å². The van der Waals surface area contributed by atoms with Crippen molar-refractivity contribution in [2.24, 2.45) is 0 Å². The van der Waals surface area contributed by atoms with Crippen LogP contribution in [0, 0.1) is 31.1 Å². The summed E-state index contributed by atoms with van der Waals surface area (Å²) in [5, 5.41) is 0. The molecule has 0 saturated carbocycles. The third-order valence-corrected chi connectivity index (χ3v) is 0. The van der Waals surface area contributed by atoms with Gasteiger partial charge in [-0.1, -0.05) is 0 Å². The van der Waals surface area contributed by atoms with Crippen LogP contribution in [0.5, 0.6) is 0 Å². The van der Waals surface area contributed by atoms with Crippen molar-refractivity contribution in [2.45, 2.75) is 0 Å². The second-order valence-corrected chi connectivity index (χ2v) is 0. The van der Waals surface area contributed by atoms with Crippen molar-refractivity contribution in [2.75, 3.05) is 0 Å². The predicted octanol–water partition coefficient (Wildman–Crippen LogP) is -24.0. The summed E-state index contributed by atoms with van der Waals surface area (Å²) in [5.74, 6) is 0. The van der Waals surface area contributed by atoms with Gasteiger partial charge in [0.1, 0.15) is 0 Å². The number of hydrogen-bond acceptors (Lipinski definition) is 0. The Morgan fingerprint density at radius 1 is 0.333 bits per heavy atom. The van der Waals surface area contributed by atoms with Gasteiger partial charge < -0.3 is 32.9 Å². The first-order chi connectivity index (χ1) is 0. The first-order valence-electron chi connectivity index (χ1n) is 0. The second-order valence-electron chi connectivity index (χ2n) is 0. The zero-order chi connectivity index (χ0) is 0. The summed E-state index contributed by atoms with van der Waals surface area (Å²) in [6.07, 6.45) is 0. The van der Waals surface area contributed by atoms with Crippen LogP contribution in [-0.4, -0.2) is 0 Å². The molecule has 0 atom stereocenters. The van der Waals surface area contributed by atoms with E-state index < -0.39 is 0 Å². The molecule has 60 valence electrons. The van der Waals surface area contributed by atoms with Crippen LogP contribution in [0.2, 0.25) is 0 Å². The SMILES string of the molecule is [F-].[F-].[F-].[F-].[F-].[F-].[F-].[Li+].[U]. The van der Waals surface area contributed by atoms with Crippen LogP contribution >= 0.6 is 0 Å². The average Bonchev–Trinajstić information content (AvgIpc) is 0. The van der Waals surface area contributed by atoms with E-state index in [-0.39, 0.29) is 82.9 Å². The molecule has 0 rings (SSSR count). The van der Waals surface area contributed by atoms with Crippen LogP contribution < -0.4 is 51.8 Å². The summed E-state index contributed by atoms with van der Waals surface area (Å²) < 4.78 is 0. The summed E-state index contributed by atoms with van der Waals surface area (Å²) in [6.45, 7) is 0. The minimum Gasteiger partial charge on any atom is -1.00 e. The molecule has 0 aromatic rings. The van der Waals surface area contributed by atoms with Crippen molar-refractivity contribution in [1.29, 1.82) is 0 Å². The third-order valence-electron chi connectivity index (χ3n) is 0. The number of hydrogen-bond donors (Lipinski definition) is 0. The maximum Gasteiger partial charge on any atom is 1.00 e. The van der Waals surface area contributed by atoms with Crippen molar-refractivity contribution in [3.05, 3.63) is 0 Å². The van der Waals surface area contributed by atoms with Gasteiger partial charge in [-0.25, -0.2) is 0 Å². The molecule has 0 heterocycles. The quantitative estimate of drug-likeness (QED) is 0.290. The standard InChI is InChI=1S/7FH.Li.U/h7*1H;;/q;;;;;;;+1;/p-7. The molecule has 0 spiro atoms. The molecule has 0 fully saturated rings. The van der Waals surface area contributed by atoms with E-state index in [1.165, 1.54) is 0 Å².